The molecule has 7 nitrogen and oxygen atoms in total. The first-order chi connectivity index (χ1) is 12.0. The minimum absolute atomic E-state index is 0.0810. The van der Waals surface area contributed by atoms with Crippen LogP contribution in [0.4, 0.5) is 0 Å². The Balaban J connectivity index is 1.64. The van der Waals surface area contributed by atoms with Crippen LogP contribution in [0, 0.1) is 12.8 Å². The zero-order chi connectivity index (χ0) is 17.8. The molecule has 0 saturated heterocycles. The largest absolute Gasteiger partial charge is 0.354 e. The molecule has 0 aliphatic rings. The smallest absolute Gasteiger partial charge is 0.275 e. The van der Waals surface area contributed by atoms with E-state index in [0.717, 1.165) is 17.6 Å². The van der Waals surface area contributed by atoms with Crippen molar-refractivity contribution in [2.75, 3.05) is 6.54 Å². The van der Waals surface area contributed by atoms with Crippen molar-refractivity contribution >= 4 is 16.7 Å². The standard InChI is InChI=1S/C18H21N5O2/c1-13(10-22-8-7-19-12-22)9-20-17(24)11-23-18(25)16-6-4-3-5-15(16)14(2)21-23/h3-8,12-13H,9-11H2,1-2H3,(H,20,24). The Kier molecular flexibility index (Phi) is 4.92. The molecule has 1 aromatic carbocycles. The number of carbonyl (C=O) groups excluding carboxylic acids is 1. The molecule has 1 unspecified atom stereocenters. The van der Waals surface area contributed by atoms with Gasteiger partial charge in [-0.25, -0.2) is 9.67 Å². The van der Waals surface area contributed by atoms with Crippen LogP contribution in [-0.2, 0) is 17.9 Å². The highest BCUT2D eigenvalue weighted by Crippen LogP contribution is 2.11. The van der Waals surface area contributed by atoms with Crippen molar-refractivity contribution in [3.63, 3.8) is 0 Å². The third kappa shape index (κ3) is 3.93. The molecule has 2 aromatic heterocycles. The van der Waals surface area contributed by atoms with Gasteiger partial charge in [0.15, 0.2) is 0 Å². The number of hydrogen-bond acceptors (Lipinski definition) is 4. The lowest BCUT2D eigenvalue weighted by molar-refractivity contribution is -0.122. The second-order valence-electron chi connectivity index (χ2n) is 6.26. The van der Waals surface area contributed by atoms with E-state index in [-0.39, 0.29) is 23.9 Å². The summed E-state index contributed by atoms with van der Waals surface area (Å²) in [5.41, 5.74) is 0.485. The molecule has 3 aromatic rings. The molecule has 2 heterocycles. The van der Waals surface area contributed by atoms with Gasteiger partial charge in [-0.15, -0.1) is 0 Å². The molecule has 7 heteroatoms. The number of aromatic nitrogens is 4. The van der Waals surface area contributed by atoms with Crippen LogP contribution in [0.1, 0.15) is 12.6 Å². The Morgan fingerprint density at radius 2 is 2.04 bits per heavy atom. The average Bonchev–Trinajstić information content (AvgIpc) is 3.10. The first kappa shape index (κ1) is 16.9. The lowest BCUT2D eigenvalue weighted by Gasteiger charge is -2.14. The van der Waals surface area contributed by atoms with E-state index in [0.29, 0.717) is 11.9 Å². The molecule has 3 rings (SSSR count). The van der Waals surface area contributed by atoms with Crippen LogP contribution in [-0.4, -0.2) is 31.8 Å². The number of imidazole rings is 1. The number of nitrogens with zero attached hydrogens (tertiary/aromatic N) is 4. The average molecular weight is 339 g/mol. The van der Waals surface area contributed by atoms with E-state index in [9.17, 15) is 9.59 Å². The summed E-state index contributed by atoms with van der Waals surface area (Å²) in [6.07, 6.45) is 5.37. The van der Waals surface area contributed by atoms with E-state index in [4.69, 9.17) is 0 Å². The fourth-order valence-electron chi connectivity index (χ4n) is 2.81. The van der Waals surface area contributed by atoms with E-state index in [2.05, 4.69) is 15.4 Å². The maximum Gasteiger partial charge on any atom is 0.275 e. The predicted octanol–water partition coefficient (Wildman–Crippen LogP) is 1.35. The topological polar surface area (TPSA) is 81.8 Å². The highest BCUT2D eigenvalue weighted by Gasteiger charge is 2.11. The molecule has 0 radical (unpaired) electrons. The van der Waals surface area contributed by atoms with Gasteiger partial charge < -0.3 is 9.88 Å². The number of aryl methyl sites for hydroxylation is 1. The zero-order valence-electron chi connectivity index (χ0n) is 14.3. The van der Waals surface area contributed by atoms with E-state index in [1.807, 2.05) is 42.8 Å². The Labute approximate surface area is 145 Å². The molecular formula is C18H21N5O2. The third-order valence-electron chi connectivity index (χ3n) is 4.08. The summed E-state index contributed by atoms with van der Waals surface area (Å²) >= 11 is 0. The molecule has 1 atom stereocenters. The predicted molar refractivity (Wildman–Crippen MR) is 95.1 cm³/mol. The van der Waals surface area contributed by atoms with Gasteiger partial charge >= 0.3 is 0 Å². The SMILES string of the molecule is Cc1nn(CC(=O)NCC(C)Cn2ccnc2)c(=O)c2ccccc12. The molecule has 0 saturated carbocycles. The fourth-order valence-corrected chi connectivity index (χ4v) is 2.81. The molecule has 130 valence electrons. The van der Waals surface area contributed by atoms with Crippen molar-refractivity contribution in [3.8, 4) is 0 Å². The summed E-state index contributed by atoms with van der Waals surface area (Å²) in [6, 6.07) is 7.30. The molecule has 1 N–H and O–H groups in total. The van der Waals surface area contributed by atoms with Crippen molar-refractivity contribution in [1.29, 1.82) is 0 Å². The molecular weight excluding hydrogens is 318 g/mol. The first-order valence-corrected chi connectivity index (χ1v) is 8.23. The lowest BCUT2D eigenvalue weighted by Crippen LogP contribution is -2.36. The Bertz CT molecular complexity index is 930. The Hall–Kier alpha value is -2.96. The maximum absolute atomic E-state index is 12.5. The second kappa shape index (κ2) is 7.29. The van der Waals surface area contributed by atoms with Crippen molar-refractivity contribution in [2.45, 2.75) is 26.9 Å². The number of nitrogens with one attached hydrogen (secondary N) is 1. The van der Waals surface area contributed by atoms with Crippen molar-refractivity contribution < 1.29 is 4.79 Å². The van der Waals surface area contributed by atoms with Crippen LogP contribution < -0.4 is 10.9 Å². The van der Waals surface area contributed by atoms with E-state index in [1.54, 1.807) is 18.6 Å². The molecule has 0 bridgehead atoms. The minimum Gasteiger partial charge on any atom is -0.354 e. The monoisotopic (exact) mass is 339 g/mol. The number of carbonyl (C=O) groups is 1. The molecule has 1 amide bonds. The van der Waals surface area contributed by atoms with E-state index < -0.39 is 0 Å². The van der Waals surface area contributed by atoms with Gasteiger partial charge in [-0.05, 0) is 18.9 Å². The lowest BCUT2D eigenvalue weighted by atomic mass is 10.1. The maximum atomic E-state index is 12.5. The van der Waals surface area contributed by atoms with E-state index in [1.165, 1.54) is 4.68 Å². The quantitative estimate of drug-likeness (QED) is 0.735. The van der Waals surface area contributed by atoms with Crippen LogP contribution in [0.25, 0.3) is 10.8 Å². The Morgan fingerprint density at radius 3 is 2.76 bits per heavy atom. The Morgan fingerprint density at radius 1 is 1.28 bits per heavy atom. The summed E-state index contributed by atoms with van der Waals surface area (Å²) in [5.74, 6) is 0.0305. The number of hydrogen-bond donors (Lipinski definition) is 1. The number of fused-ring (bicyclic) bond motifs is 1. The summed E-state index contributed by atoms with van der Waals surface area (Å²) in [6.45, 7) is 5.10. The second-order valence-corrected chi connectivity index (χ2v) is 6.26. The van der Waals surface area contributed by atoms with Gasteiger partial charge in [-0.1, -0.05) is 25.1 Å². The molecule has 0 fully saturated rings. The third-order valence-corrected chi connectivity index (χ3v) is 4.08. The van der Waals surface area contributed by atoms with E-state index >= 15 is 0 Å². The van der Waals surface area contributed by atoms with Gasteiger partial charge in [0.1, 0.15) is 6.54 Å². The normalized spacial score (nSPS) is 12.2. The summed E-state index contributed by atoms with van der Waals surface area (Å²) in [7, 11) is 0. The summed E-state index contributed by atoms with van der Waals surface area (Å²) in [4.78, 5) is 28.7. The van der Waals surface area contributed by atoms with Gasteiger partial charge in [0, 0.05) is 30.9 Å². The van der Waals surface area contributed by atoms with Gasteiger partial charge in [0.25, 0.3) is 5.56 Å². The number of benzene rings is 1. The van der Waals surface area contributed by atoms with Gasteiger partial charge in [-0.3, -0.25) is 9.59 Å². The highest BCUT2D eigenvalue weighted by molar-refractivity contribution is 5.83. The highest BCUT2D eigenvalue weighted by atomic mass is 16.2. The van der Waals surface area contributed by atoms with Crippen molar-refractivity contribution in [2.24, 2.45) is 5.92 Å². The van der Waals surface area contributed by atoms with Gasteiger partial charge in [-0.2, -0.15) is 5.10 Å². The fraction of sp³-hybridized carbons (Fsp3) is 0.333. The molecule has 25 heavy (non-hydrogen) atoms. The van der Waals surface area contributed by atoms with Crippen LogP contribution >= 0.6 is 0 Å². The summed E-state index contributed by atoms with van der Waals surface area (Å²) in [5, 5.41) is 8.52. The number of amides is 1. The van der Waals surface area contributed by atoms with Crippen molar-refractivity contribution in [1.82, 2.24) is 24.6 Å². The van der Waals surface area contributed by atoms with Gasteiger partial charge in [0.05, 0.1) is 17.4 Å². The molecule has 0 spiro atoms. The van der Waals surface area contributed by atoms with Crippen LogP contribution in [0.3, 0.4) is 0 Å². The molecule has 0 aliphatic carbocycles. The van der Waals surface area contributed by atoms with Crippen LogP contribution in [0.15, 0.2) is 47.8 Å². The van der Waals surface area contributed by atoms with Gasteiger partial charge in [0.2, 0.25) is 5.91 Å². The van der Waals surface area contributed by atoms with Crippen molar-refractivity contribution in [3.05, 3.63) is 59.0 Å². The zero-order valence-corrected chi connectivity index (χ0v) is 14.3. The van der Waals surface area contributed by atoms with Crippen LogP contribution in [0.2, 0.25) is 0 Å². The molecule has 0 aliphatic heterocycles. The first-order valence-electron chi connectivity index (χ1n) is 8.23. The van der Waals surface area contributed by atoms with Crippen LogP contribution in [0.5, 0.6) is 0 Å². The number of rotatable bonds is 6. The minimum atomic E-state index is -0.247. The summed E-state index contributed by atoms with van der Waals surface area (Å²) < 4.78 is 3.20.